The molecule has 3 heteroatoms. The molecular formula is C17H21ClN2. The first-order valence-electron chi connectivity index (χ1n) is 7.55. The van der Waals surface area contributed by atoms with Crippen LogP contribution in [0.2, 0.25) is 0 Å². The lowest BCUT2D eigenvalue weighted by atomic mass is 10.1. The van der Waals surface area contributed by atoms with Gasteiger partial charge in [-0.3, -0.25) is 0 Å². The summed E-state index contributed by atoms with van der Waals surface area (Å²) in [6, 6.07) is 8.39. The molecule has 0 radical (unpaired) electrons. The van der Waals surface area contributed by atoms with Gasteiger partial charge in [0.1, 0.15) is 5.82 Å². The van der Waals surface area contributed by atoms with Crippen molar-refractivity contribution >= 4 is 22.6 Å². The third-order valence-electron chi connectivity index (χ3n) is 4.08. The van der Waals surface area contributed by atoms with Gasteiger partial charge in [-0.25, -0.2) is 4.98 Å². The lowest BCUT2D eigenvalue weighted by molar-refractivity contribution is 0.693. The highest BCUT2D eigenvalue weighted by molar-refractivity contribution is 6.21. The molecule has 0 saturated heterocycles. The predicted molar refractivity (Wildman–Crippen MR) is 85.3 cm³/mol. The molecule has 1 aromatic heterocycles. The van der Waals surface area contributed by atoms with Gasteiger partial charge in [-0.2, -0.15) is 0 Å². The summed E-state index contributed by atoms with van der Waals surface area (Å²) in [5, 5.41) is 0.201. The smallest absolute Gasteiger partial charge is 0.113 e. The number of benzene rings is 1. The van der Waals surface area contributed by atoms with E-state index in [0.717, 1.165) is 31.3 Å². The summed E-state index contributed by atoms with van der Waals surface area (Å²) in [6.45, 7) is 3.15. The normalized spacial score (nSPS) is 19.9. The summed E-state index contributed by atoms with van der Waals surface area (Å²) in [5.74, 6) is 1.17. The van der Waals surface area contributed by atoms with Crippen molar-refractivity contribution < 1.29 is 0 Å². The fraction of sp³-hybridized carbons (Fsp3) is 0.471. The Morgan fingerprint density at radius 1 is 1.30 bits per heavy atom. The number of aromatic nitrogens is 2. The fourth-order valence-electron chi connectivity index (χ4n) is 3.08. The number of rotatable bonds is 3. The van der Waals surface area contributed by atoms with E-state index in [1.54, 1.807) is 0 Å². The minimum Gasteiger partial charge on any atom is -0.328 e. The van der Waals surface area contributed by atoms with Crippen LogP contribution in [0.25, 0.3) is 11.0 Å². The molecule has 0 amide bonds. The van der Waals surface area contributed by atoms with Crippen LogP contribution in [-0.4, -0.2) is 14.9 Å². The van der Waals surface area contributed by atoms with Gasteiger partial charge in [0.25, 0.3) is 0 Å². The zero-order chi connectivity index (χ0) is 13.9. The first-order valence-corrected chi connectivity index (χ1v) is 7.99. The number of aryl methyl sites for hydroxylation is 1. The van der Waals surface area contributed by atoms with Crippen molar-refractivity contribution in [2.45, 2.75) is 50.9 Å². The Morgan fingerprint density at radius 2 is 2.15 bits per heavy atom. The molecule has 0 spiro atoms. The largest absolute Gasteiger partial charge is 0.328 e. The molecule has 1 unspecified atom stereocenters. The molecule has 1 atom stereocenters. The van der Waals surface area contributed by atoms with E-state index in [4.69, 9.17) is 16.6 Å². The molecule has 0 N–H and O–H groups in total. The van der Waals surface area contributed by atoms with Crippen molar-refractivity contribution in [3.05, 3.63) is 41.7 Å². The summed E-state index contributed by atoms with van der Waals surface area (Å²) in [5.41, 5.74) is 3.79. The Morgan fingerprint density at radius 3 is 3.00 bits per heavy atom. The van der Waals surface area contributed by atoms with E-state index >= 15 is 0 Å². The van der Waals surface area contributed by atoms with Gasteiger partial charge in [-0.1, -0.05) is 30.2 Å². The van der Waals surface area contributed by atoms with Crippen LogP contribution < -0.4 is 0 Å². The quantitative estimate of drug-likeness (QED) is 0.591. The molecule has 1 aliphatic carbocycles. The monoisotopic (exact) mass is 288 g/mol. The average Bonchev–Trinajstić information content (AvgIpc) is 2.66. The van der Waals surface area contributed by atoms with Crippen molar-refractivity contribution in [2.24, 2.45) is 0 Å². The van der Waals surface area contributed by atoms with E-state index in [1.165, 1.54) is 29.8 Å². The molecule has 0 saturated carbocycles. The molecule has 1 aliphatic rings. The highest BCUT2D eigenvalue weighted by atomic mass is 35.5. The molecule has 0 fully saturated rings. The summed E-state index contributed by atoms with van der Waals surface area (Å²) in [4.78, 5) is 4.81. The molecule has 2 nitrogen and oxygen atoms in total. The fourth-order valence-corrected chi connectivity index (χ4v) is 3.41. The Balaban J connectivity index is 1.93. The van der Waals surface area contributed by atoms with Crippen molar-refractivity contribution in [1.82, 2.24) is 9.55 Å². The average molecular weight is 289 g/mol. The number of nitrogens with zero attached hydrogens (tertiary/aromatic N) is 2. The van der Waals surface area contributed by atoms with E-state index in [0.29, 0.717) is 0 Å². The Bertz CT molecular complexity index is 627. The minimum absolute atomic E-state index is 0.201. The summed E-state index contributed by atoms with van der Waals surface area (Å²) in [6.07, 6.45) is 7.95. The maximum absolute atomic E-state index is 6.33. The number of alkyl halides is 1. The second-order valence-electron chi connectivity index (χ2n) is 5.52. The van der Waals surface area contributed by atoms with E-state index in [-0.39, 0.29) is 5.38 Å². The topological polar surface area (TPSA) is 17.8 Å². The molecule has 0 bridgehead atoms. The van der Waals surface area contributed by atoms with Gasteiger partial charge < -0.3 is 4.57 Å². The van der Waals surface area contributed by atoms with Crippen LogP contribution in [0.5, 0.6) is 0 Å². The number of hydrogen-bond acceptors (Lipinski definition) is 1. The summed E-state index contributed by atoms with van der Waals surface area (Å²) in [7, 11) is 0. The first-order chi connectivity index (χ1) is 9.78. The highest BCUT2D eigenvalue weighted by Crippen LogP contribution is 2.25. The number of fused-ring (bicyclic) bond motifs is 1. The van der Waals surface area contributed by atoms with Crippen LogP contribution in [-0.2, 0) is 13.0 Å². The lowest BCUT2D eigenvalue weighted by Crippen LogP contribution is -2.04. The standard InChI is InChI=1S/C17H21ClN2/c1-2-20-16-10-6-5-9-15(16)19-17(20)12-13-7-3-4-8-14(18)11-13/h5-6,9-11,14H,2-4,7-8,12H2,1H3. The maximum Gasteiger partial charge on any atom is 0.113 e. The van der Waals surface area contributed by atoms with Gasteiger partial charge >= 0.3 is 0 Å². The molecule has 3 rings (SSSR count). The molecule has 106 valence electrons. The highest BCUT2D eigenvalue weighted by Gasteiger charge is 2.14. The van der Waals surface area contributed by atoms with Crippen LogP contribution in [0.4, 0.5) is 0 Å². The Hall–Kier alpha value is -1.28. The van der Waals surface area contributed by atoms with Crippen LogP contribution in [0.15, 0.2) is 35.9 Å². The van der Waals surface area contributed by atoms with Gasteiger partial charge in [0.15, 0.2) is 0 Å². The summed E-state index contributed by atoms with van der Waals surface area (Å²) < 4.78 is 2.32. The Kier molecular flexibility index (Phi) is 4.11. The second kappa shape index (κ2) is 6.01. The molecule has 1 aromatic carbocycles. The molecule has 0 aliphatic heterocycles. The van der Waals surface area contributed by atoms with Gasteiger partial charge in [0, 0.05) is 13.0 Å². The second-order valence-corrected chi connectivity index (χ2v) is 6.09. The number of para-hydroxylation sites is 2. The van der Waals surface area contributed by atoms with Gasteiger partial charge in [0.05, 0.1) is 16.4 Å². The molecular weight excluding hydrogens is 268 g/mol. The molecule has 2 aromatic rings. The van der Waals surface area contributed by atoms with Gasteiger partial charge in [-0.05, 0) is 38.3 Å². The van der Waals surface area contributed by atoms with Crippen molar-refractivity contribution in [3.8, 4) is 0 Å². The molecule has 1 heterocycles. The molecule has 20 heavy (non-hydrogen) atoms. The third-order valence-corrected chi connectivity index (χ3v) is 4.42. The summed E-state index contributed by atoms with van der Waals surface area (Å²) >= 11 is 6.33. The zero-order valence-electron chi connectivity index (χ0n) is 12.0. The van der Waals surface area contributed by atoms with Crippen molar-refractivity contribution in [3.63, 3.8) is 0 Å². The van der Waals surface area contributed by atoms with Gasteiger partial charge in [-0.15, -0.1) is 11.6 Å². The predicted octanol–water partition coefficient (Wildman–Crippen LogP) is 4.71. The minimum atomic E-state index is 0.201. The van der Waals surface area contributed by atoms with E-state index in [1.807, 2.05) is 0 Å². The zero-order valence-corrected chi connectivity index (χ0v) is 12.7. The Labute approximate surface area is 125 Å². The first kappa shape index (κ1) is 13.7. The third kappa shape index (κ3) is 2.76. The van der Waals surface area contributed by atoms with Crippen molar-refractivity contribution in [1.29, 1.82) is 0 Å². The van der Waals surface area contributed by atoms with E-state index in [2.05, 4.69) is 41.8 Å². The van der Waals surface area contributed by atoms with E-state index < -0.39 is 0 Å². The van der Waals surface area contributed by atoms with E-state index in [9.17, 15) is 0 Å². The van der Waals surface area contributed by atoms with Crippen LogP contribution in [0.3, 0.4) is 0 Å². The maximum atomic E-state index is 6.33. The number of allylic oxidation sites excluding steroid dienone is 2. The number of imidazole rings is 1. The number of halogens is 1. The SMILES string of the molecule is CCn1c(CC2=CC(Cl)CCCC2)nc2ccccc21. The van der Waals surface area contributed by atoms with Gasteiger partial charge in [0.2, 0.25) is 0 Å². The number of hydrogen-bond donors (Lipinski definition) is 0. The lowest BCUT2D eigenvalue weighted by Gasteiger charge is -2.08. The van der Waals surface area contributed by atoms with Crippen LogP contribution in [0, 0.1) is 0 Å². The van der Waals surface area contributed by atoms with Crippen LogP contribution in [0.1, 0.15) is 38.4 Å². The van der Waals surface area contributed by atoms with Crippen LogP contribution >= 0.6 is 11.6 Å². The van der Waals surface area contributed by atoms with Crippen molar-refractivity contribution in [2.75, 3.05) is 0 Å².